The van der Waals surface area contributed by atoms with Crippen LogP contribution >= 0.6 is 11.3 Å². The van der Waals surface area contributed by atoms with E-state index in [9.17, 15) is 14.0 Å². The largest absolute Gasteiger partial charge is 0.481 e. The number of carbonyl (C=O) groups is 2. The maximum atomic E-state index is 13.1. The van der Waals surface area contributed by atoms with E-state index in [1.54, 1.807) is 6.92 Å². The zero-order valence-electron chi connectivity index (χ0n) is 17.5. The normalized spacial score (nSPS) is 18.8. The molecule has 0 saturated carbocycles. The van der Waals surface area contributed by atoms with E-state index in [-0.39, 0.29) is 23.7 Å². The summed E-state index contributed by atoms with van der Waals surface area (Å²) in [6.45, 7) is 2.84. The quantitative estimate of drug-likeness (QED) is 0.672. The number of thiophene rings is 1. The summed E-state index contributed by atoms with van der Waals surface area (Å²) in [5.41, 5.74) is 1.61. The van der Waals surface area contributed by atoms with Gasteiger partial charge in [-0.1, -0.05) is 0 Å². The zero-order valence-corrected chi connectivity index (χ0v) is 18.4. The first-order chi connectivity index (χ1) is 15.0. The number of ether oxygens (including phenoxy) is 2. The number of hydrogen-bond acceptors (Lipinski definition) is 5. The van der Waals surface area contributed by atoms with Crippen LogP contribution in [0.5, 0.6) is 5.75 Å². The van der Waals surface area contributed by atoms with E-state index < -0.39 is 6.10 Å². The van der Waals surface area contributed by atoms with Crippen molar-refractivity contribution in [1.82, 2.24) is 5.32 Å². The average molecular weight is 447 g/mol. The van der Waals surface area contributed by atoms with Gasteiger partial charge in [0.05, 0.1) is 11.7 Å². The molecule has 0 unspecified atom stereocenters. The van der Waals surface area contributed by atoms with Crippen molar-refractivity contribution in [1.29, 1.82) is 0 Å². The SMILES string of the molecule is C[C@H](Oc1ccc(F)cc1)C(=O)Nc1sc2c(c1C(=O)NC[C@@H]1CCCO1)CCCC2. The molecular weight excluding hydrogens is 419 g/mol. The second kappa shape index (κ2) is 9.78. The van der Waals surface area contributed by atoms with Crippen LogP contribution in [0, 0.1) is 5.82 Å². The lowest BCUT2D eigenvalue weighted by molar-refractivity contribution is -0.122. The van der Waals surface area contributed by atoms with E-state index >= 15 is 0 Å². The van der Waals surface area contributed by atoms with Crippen LogP contribution in [0.4, 0.5) is 9.39 Å². The summed E-state index contributed by atoms with van der Waals surface area (Å²) in [7, 11) is 0. The molecule has 0 bridgehead atoms. The topological polar surface area (TPSA) is 76.7 Å². The lowest BCUT2D eigenvalue weighted by Crippen LogP contribution is -2.34. The predicted octanol–water partition coefficient (Wildman–Crippen LogP) is 4.08. The minimum Gasteiger partial charge on any atom is -0.481 e. The Balaban J connectivity index is 1.47. The number of aryl methyl sites for hydroxylation is 1. The third kappa shape index (κ3) is 5.25. The van der Waals surface area contributed by atoms with Gasteiger partial charge in [0.15, 0.2) is 6.10 Å². The molecule has 1 aliphatic carbocycles. The molecule has 1 aromatic heterocycles. The Kier molecular flexibility index (Phi) is 6.87. The van der Waals surface area contributed by atoms with Crippen LogP contribution < -0.4 is 15.4 Å². The summed E-state index contributed by atoms with van der Waals surface area (Å²) in [4.78, 5) is 27.0. The minimum atomic E-state index is -0.799. The Labute approximate surface area is 185 Å². The number of fused-ring (bicyclic) bond motifs is 1. The van der Waals surface area contributed by atoms with E-state index in [0.29, 0.717) is 22.9 Å². The third-order valence-corrected chi connectivity index (χ3v) is 6.85. The van der Waals surface area contributed by atoms with Gasteiger partial charge in [-0.15, -0.1) is 11.3 Å². The summed E-state index contributed by atoms with van der Waals surface area (Å²) in [6, 6.07) is 5.52. The van der Waals surface area contributed by atoms with Crippen molar-refractivity contribution in [2.75, 3.05) is 18.5 Å². The number of halogens is 1. The predicted molar refractivity (Wildman–Crippen MR) is 117 cm³/mol. The van der Waals surface area contributed by atoms with E-state index in [4.69, 9.17) is 9.47 Å². The summed E-state index contributed by atoms with van der Waals surface area (Å²) < 4.78 is 24.3. The second-order valence-electron chi connectivity index (χ2n) is 7.96. The Morgan fingerprint density at radius 1 is 1.23 bits per heavy atom. The highest BCUT2D eigenvalue weighted by atomic mass is 32.1. The molecule has 6 nitrogen and oxygen atoms in total. The van der Waals surface area contributed by atoms with Gasteiger partial charge in [-0.3, -0.25) is 9.59 Å². The summed E-state index contributed by atoms with van der Waals surface area (Å²) in [5, 5.41) is 6.45. The Morgan fingerprint density at radius 2 is 2.00 bits per heavy atom. The van der Waals surface area contributed by atoms with Gasteiger partial charge < -0.3 is 20.1 Å². The highest BCUT2D eigenvalue weighted by molar-refractivity contribution is 7.17. The molecule has 2 N–H and O–H groups in total. The fraction of sp³-hybridized carbons (Fsp3) is 0.478. The van der Waals surface area contributed by atoms with Crippen molar-refractivity contribution >= 4 is 28.2 Å². The first-order valence-corrected chi connectivity index (χ1v) is 11.6. The minimum absolute atomic E-state index is 0.0561. The molecule has 1 fully saturated rings. The van der Waals surface area contributed by atoms with Gasteiger partial charge in [-0.25, -0.2) is 4.39 Å². The number of anilines is 1. The number of carbonyl (C=O) groups excluding carboxylic acids is 2. The highest BCUT2D eigenvalue weighted by Crippen LogP contribution is 2.38. The molecule has 1 aliphatic heterocycles. The standard InChI is InChI=1S/C23H27FN2O4S/c1-14(30-16-10-8-15(24)9-11-16)21(27)26-23-20(18-6-2-3-7-19(18)31-23)22(28)25-13-17-5-4-12-29-17/h8-11,14,17H,2-7,12-13H2,1H3,(H,25,28)(H,26,27)/t14-,17-/m0/s1. The molecule has 31 heavy (non-hydrogen) atoms. The smallest absolute Gasteiger partial charge is 0.265 e. The van der Waals surface area contributed by atoms with Crippen LogP contribution in [-0.2, 0) is 22.4 Å². The molecule has 8 heteroatoms. The van der Waals surface area contributed by atoms with Crippen molar-refractivity contribution in [2.45, 2.75) is 57.7 Å². The van der Waals surface area contributed by atoms with Gasteiger partial charge in [0, 0.05) is 18.0 Å². The fourth-order valence-electron chi connectivity index (χ4n) is 3.98. The van der Waals surface area contributed by atoms with Crippen LogP contribution in [0.3, 0.4) is 0 Å². The second-order valence-corrected chi connectivity index (χ2v) is 9.07. The number of nitrogens with one attached hydrogen (secondary N) is 2. The maximum Gasteiger partial charge on any atom is 0.265 e. The van der Waals surface area contributed by atoms with Crippen molar-refractivity contribution < 1.29 is 23.5 Å². The molecule has 1 aromatic carbocycles. The lowest BCUT2D eigenvalue weighted by atomic mass is 9.95. The van der Waals surface area contributed by atoms with Gasteiger partial charge in [0.25, 0.3) is 11.8 Å². The Bertz CT molecular complexity index is 938. The van der Waals surface area contributed by atoms with Gasteiger partial charge in [0.2, 0.25) is 0 Å². The molecule has 2 aromatic rings. The zero-order chi connectivity index (χ0) is 21.8. The van der Waals surface area contributed by atoms with Gasteiger partial charge in [-0.05, 0) is 75.3 Å². The molecular formula is C23H27FN2O4S. The summed E-state index contributed by atoms with van der Waals surface area (Å²) in [5.74, 6) is -0.482. The molecule has 166 valence electrons. The van der Waals surface area contributed by atoms with Gasteiger partial charge in [0.1, 0.15) is 16.6 Å². The van der Waals surface area contributed by atoms with Crippen LogP contribution in [0.25, 0.3) is 0 Å². The number of hydrogen-bond donors (Lipinski definition) is 2. The molecule has 4 rings (SSSR count). The summed E-state index contributed by atoms with van der Waals surface area (Å²) >= 11 is 1.47. The van der Waals surface area contributed by atoms with E-state index in [1.807, 2.05) is 0 Å². The maximum absolute atomic E-state index is 13.1. The average Bonchev–Trinajstić information content (AvgIpc) is 3.41. The first-order valence-electron chi connectivity index (χ1n) is 10.8. The van der Waals surface area contributed by atoms with Gasteiger partial charge >= 0.3 is 0 Å². The summed E-state index contributed by atoms with van der Waals surface area (Å²) in [6.07, 6.45) is 5.10. The van der Waals surface area contributed by atoms with Gasteiger partial charge in [-0.2, -0.15) is 0 Å². The van der Waals surface area contributed by atoms with E-state index in [2.05, 4.69) is 10.6 Å². The number of benzene rings is 1. The molecule has 1 saturated heterocycles. The van der Waals surface area contributed by atoms with Crippen molar-refractivity contribution in [2.24, 2.45) is 0 Å². The van der Waals surface area contributed by atoms with Crippen LogP contribution in [-0.4, -0.2) is 37.2 Å². The van der Waals surface area contributed by atoms with Crippen molar-refractivity contribution in [3.8, 4) is 5.75 Å². The van der Waals surface area contributed by atoms with Crippen LogP contribution in [0.15, 0.2) is 24.3 Å². The number of rotatable bonds is 7. The van der Waals surface area contributed by atoms with Crippen LogP contribution in [0.2, 0.25) is 0 Å². The molecule has 0 spiro atoms. The van der Waals surface area contributed by atoms with Crippen molar-refractivity contribution in [3.63, 3.8) is 0 Å². The van der Waals surface area contributed by atoms with E-state index in [1.165, 1.54) is 35.6 Å². The molecule has 2 heterocycles. The lowest BCUT2D eigenvalue weighted by Gasteiger charge is -2.16. The third-order valence-electron chi connectivity index (χ3n) is 5.65. The molecule has 2 aliphatic rings. The van der Waals surface area contributed by atoms with Crippen LogP contribution in [0.1, 0.15) is 53.4 Å². The molecule has 0 radical (unpaired) electrons. The Morgan fingerprint density at radius 3 is 2.74 bits per heavy atom. The molecule has 2 amide bonds. The van der Waals surface area contributed by atoms with Crippen molar-refractivity contribution in [3.05, 3.63) is 46.1 Å². The monoisotopic (exact) mass is 446 g/mol. The molecule has 2 atom stereocenters. The number of amides is 2. The Hall–Kier alpha value is -2.45. The van der Waals surface area contributed by atoms with E-state index in [0.717, 1.165) is 55.6 Å². The highest BCUT2D eigenvalue weighted by Gasteiger charge is 2.28. The first kappa shape index (κ1) is 21.8. The fourth-order valence-corrected chi connectivity index (χ4v) is 5.27.